The van der Waals surface area contributed by atoms with E-state index in [0.29, 0.717) is 11.1 Å². The van der Waals surface area contributed by atoms with Gasteiger partial charge in [-0.2, -0.15) is 13.2 Å². The number of fused-ring (bicyclic) bond motifs is 1. The second kappa shape index (κ2) is 4.47. The van der Waals surface area contributed by atoms with Crippen molar-refractivity contribution in [2.45, 2.75) is 12.6 Å². The van der Waals surface area contributed by atoms with Crippen molar-refractivity contribution in [2.24, 2.45) is 5.92 Å². The molecule has 1 atom stereocenters. The predicted octanol–water partition coefficient (Wildman–Crippen LogP) is 4.27. The highest BCUT2D eigenvalue weighted by Crippen LogP contribution is 2.41. The molecule has 0 radical (unpaired) electrons. The van der Waals surface area contributed by atoms with Crippen LogP contribution in [0.25, 0.3) is 11.1 Å². The largest absolute Gasteiger partial charge is 0.399 e. The van der Waals surface area contributed by atoms with Gasteiger partial charge in [-0.05, 0) is 23.1 Å². The normalized spacial score (nSPS) is 18.1. The van der Waals surface area contributed by atoms with Crippen molar-refractivity contribution >= 4 is 5.78 Å². The summed E-state index contributed by atoms with van der Waals surface area (Å²) < 4.78 is 38.7. The van der Waals surface area contributed by atoms with E-state index in [1.54, 1.807) is 42.5 Å². The Morgan fingerprint density at radius 1 is 0.950 bits per heavy atom. The quantitative estimate of drug-likeness (QED) is 0.760. The summed E-state index contributed by atoms with van der Waals surface area (Å²) >= 11 is 0. The molecule has 0 saturated carbocycles. The number of carbonyl (C=O) groups excluding carboxylic acids is 1. The van der Waals surface area contributed by atoms with Crippen LogP contribution >= 0.6 is 0 Å². The molecule has 1 aliphatic carbocycles. The molecule has 4 heteroatoms. The summed E-state index contributed by atoms with van der Waals surface area (Å²) in [5, 5.41) is 0. The van der Waals surface area contributed by atoms with Gasteiger partial charge in [-0.3, -0.25) is 4.79 Å². The van der Waals surface area contributed by atoms with Gasteiger partial charge in [0.05, 0.1) is 0 Å². The smallest absolute Gasteiger partial charge is 0.293 e. The molecule has 0 bridgehead atoms. The number of ketones is 1. The maximum Gasteiger partial charge on any atom is 0.399 e. The Morgan fingerprint density at radius 3 is 2.30 bits per heavy atom. The van der Waals surface area contributed by atoms with Crippen LogP contribution in [0.2, 0.25) is 0 Å². The molecule has 20 heavy (non-hydrogen) atoms. The summed E-state index contributed by atoms with van der Waals surface area (Å²) in [7, 11) is 0. The lowest BCUT2D eigenvalue weighted by Crippen LogP contribution is -2.28. The van der Waals surface area contributed by atoms with Crippen LogP contribution < -0.4 is 0 Å². The van der Waals surface area contributed by atoms with E-state index in [9.17, 15) is 18.0 Å². The fourth-order valence-corrected chi connectivity index (χ4v) is 2.67. The fourth-order valence-electron chi connectivity index (χ4n) is 2.67. The second-order valence-electron chi connectivity index (χ2n) is 4.87. The summed E-state index contributed by atoms with van der Waals surface area (Å²) in [6.45, 7) is 0. The SMILES string of the molecule is O=C1c2c(cccc2-c2ccccc2)CC1C(F)(F)F. The molecule has 1 aliphatic rings. The van der Waals surface area contributed by atoms with Crippen LogP contribution in [0.3, 0.4) is 0 Å². The van der Waals surface area contributed by atoms with Gasteiger partial charge in [-0.25, -0.2) is 0 Å². The lowest BCUT2D eigenvalue weighted by molar-refractivity contribution is -0.158. The van der Waals surface area contributed by atoms with Gasteiger partial charge in [0.1, 0.15) is 5.92 Å². The first-order valence-electron chi connectivity index (χ1n) is 6.26. The number of hydrogen-bond acceptors (Lipinski definition) is 1. The second-order valence-corrected chi connectivity index (χ2v) is 4.87. The molecule has 3 rings (SSSR count). The van der Waals surface area contributed by atoms with Crippen molar-refractivity contribution < 1.29 is 18.0 Å². The third kappa shape index (κ3) is 2.01. The minimum Gasteiger partial charge on any atom is -0.293 e. The number of hydrogen-bond donors (Lipinski definition) is 0. The van der Waals surface area contributed by atoms with Crippen LogP contribution in [-0.2, 0) is 6.42 Å². The van der Waals surface area contributed by atoms with E-state index >= 15 is 0 Å². The highest BCUT2D eigenvalue weighted by molar-refractivity contribution is 6.08. The average Bonchev–Trinajstić information content (AvgIpc) is 2.77. The van der Waals surface area contributed by atoms with Gasteiger partial charge >= 0.3 is 6.18 Å². The molecular weight excluding hydrogens is 265 g/mol. The Morgan fingerprint density at radius 2 is 1.65 bits per heavy atom. The standard InChI is InChI=1S/C16H11F3O/c17-16(18,19)13-9-11-7-4-8-12(14(11)15(13)20)10-5-2-1-3-6-10/h1-8,13H,9H2. The van der Waals surface area contributed by atoms with Crippen LogP contribution in [0.1, 0.15) is 15.9 Å². The molecule has 2 aromatic rings. The Bertz CT molecular complexity index is 659. The summed E-state index contributed by atoms with van der Waals surface area (Å²) in [6, 6.07) is 14.0. The zero-order valence-corrected chi connectivity index (χ0v) is 10.4. The molecule has 0 saturated heterocycles. The number of halogens is 3. The molecule has 0 fully saturated rings. The molecule has 102 valence electrons. The van der Waals surface area contributed by atoms with Gasteiger partial charge in [0, 0.05) is 5.56 Å². The zero-order chi connectivity index (χ0) is 14.3. The zero-order valence-electron chi connectivity index (χ0n) is 10.4. The molecule has 0 spiro atoms. The maximum absolute atomic E-state index is 12.9. The summed E-state index contributed by atoms with van der Waals surface area (Å²) in [5.41, 5.74) is 2.06. The molecule has 0 N–H and O–H groups in total. The molecule has 0 heterocycles. The van der Waals surface area contributed by atoms with Gasteiger partial charge in [0.15, 0.2) is 5.78 Å². The van der Waals surface area contributed by atoms with Crippen molar-refractivity contribution in [1.29, 1.82) is 0 Å². The first-order valence-corrected chi connectivity index (χ1v) is 6.26. The monoisotopic (exact) mass is 276 g/mol. The van der Waals surface area contributed by atoms with E-state index in [2.05, 4.69) is 0 Å². The van der Waals surface area contributed by atoms with Gasteiger partial charge in [0.2, 0.25) is 0 Å². The van der Waals surface area contributed by atoms with Crippen LogP contribution in [0.5, 0.6) is 0 Å². The Balaban J connectivity index is 2.13. The van der Waals surface area contributed by atoms with Crippen LogP contribution in [0, 0.1) is 5.92 Å². The van der Waals surface area contributed by atoms with E-state index in [0.717, 1.165) is 5.56 Å². The van der Waals surface area contributed by atoms with Crippen molar-refractivity contribution in [3.05, 3.63) is 59.7 Å². The third-order valence-electron chi connectivity index (χ3n) is 3.62. The third-order valence-corrected chi connectivity index (χ3v) is 3.62. The number of Topliss-reactive ketones (excluding diaryl/α,β-unsaturated/α-hetero) is 1. The van der Waals surface area contributed by atoms with Crippen molar-refractivity contribution in [3.63, 3.8) is 0 Å². The Labute approximate surface area is 114 Å². The van der Waals surface area contributed by atoms with Gasteiger partial charge in [-0.1, -0.05) is 48.5 Å². The molecule has 1 unspecified atom stereocenters. The number of benzene rings is 2. The molecule has 0 amide bonds. The first kappa shape index (κ1) is 12.9. The topological polar surface area (TPSA) is 17.1 Å². The highest BCUT2D eigenvalue weighted by Gasteiger charge is 2.49. The molecule has 2 aromatic carbocycles. The highest BCUT2D eigenvalue weighted by atomic mass is 19.4. The van der Waals surface area contributed by atoms with Gasteiger partial charge < -0.3 is 0 Å². The summed E-state index contributed by atoms with van der Waals surface area (Å²) in [6.07, 6.45) is -4.73. The van der Waals surface area contributed by atoms with Crippen LogP contribution in [0.15, 0.2) is 48.5 Å². The fraction of sp³-hybridized carbons (Fsp3) is 0.188. The summed E-state index contributed by atoms with van der Waals surface area (Å²) in [4.78, 5) is 12.1. The lowest BCUT2D eigenvalue weighted by atomic mass is 9.96. The lowest BCUT2D eigenvalue weighted by Gasteiger charge is -2.12. The van der Waals surface area contributed by atoms with Gasteiger partial charge in [-0.15, -0.1) is 0 Å². The predicted molar refractivity (Wildman–Crippen MR) is 69.5 cm³/mol. The number of alkyl halides is 3. The van der Waals surface area contributed by atoms with Crippen LogP contribution in [-0.4, -0.2) is 12.0 Å². The first-order chi connectivity index (χ1) is 9.48. The maximum atomic E-state index is 12.9. The molecule has 0 aliphatic heterocycles. The minimum absolute atomic E-state index is 0.223. The van der Waals surface area contributed by atoms with E-state index in [1.165, 1.54) is 0 Å². The van der Waals surface area contributed by atoms with Crippen molar-refractivity contribution in [1.82, 2.24) is 0 Å². The van der Waals surface area contributed by atoms with E-state index in [-0.39, 0.29) is 12.0 Å². The summed E-state index contributed by atoms with van der Waals surface area (Å²) in [5.74, 6) is -2.71. The van der Waals surface area contributed by atoms with Gasteiger partial charge in [0.25, 0.3) is 0 Å². The molecular formula is C16H11F3O. The molecule has 1 nitrogen and oxygen atoms in total. The number of carbonyl (C=O) groups is 1. The Kier molecular flexibility index (Phi) is 2.89. The van der Waals surface area contributed by atoms with E-state index in [1.807, 2.05) is 6.07 Å². The van der Waals surface area contributed by atoms with E-state index < -0.39 is 17.9 Å². The van der Waals surface area contributed by atoms with Crippen LogP contribution in [0.4, 0.5) is 13.2 Å². The number of rotatable bonds is 1. The van der Waals surface area contributed by atoms with E-state index in [4.69, 9.17) is 0 Å². The van der Waals surface area contributed by atoms with Crippen molar-refractivity contribution in [3.8, 4) is 11.1 Å². The van der Waals surface area contributed by atoms with Crippen molar-refractivity contribution in [2.75, 3.05) is 0 Å². The Hall–Kier alpha value is -2.10. The molecule has 0 aromatic heterocycles. The minimum atomic E-state index is -4.48. The average molecular weight is 276 g/mol.